The van der Waals surface area contributed by atoms with Crippen molar-refractivity contribution in [3.63, 3.8) is 0 Å². The maximum absolute atomic E-state index is 12.7. The van der Waals surface area contributed by atoms with Gasteiger partial charge in [0, 0.05) is 27.5 Å². The Balaban J connectivity index is 1.68. The minimum Gasteiger partial charge on any atom is -0.457 e. The molecule has 3 aromatic carbocycles. The van der Waals surface area contributed by atoms with Gasteiger partial charge in [0.2, 0.25) is 0 Å². The highest BCUT2D eigenvalue weighted by atomic mass is 79.9. The average molecular weight is 493 g/mol. The molecule has 0 N–H and O–H groups in total. The fourth-order valence-electron chi connectivity index (χ4n) is 3.27. The van der Waals surface area contributed by atoms with Crippen LogP contribution < -0.4 is 0 Å². The van der Waals surface area contributed by atoms with E-state index in [4.69, 9.17) is 9.84 Å². The van der Waals surface area contributed by atoms with Crippen LogP contribution >= 0.6 is 27.7 Å². The molecule has 6 heteroatoms. The number of nitrogens with zero attached hydrogens (tertiary/aromatic N) is 2. The van der Waals surface area contributed by atoms with E-state index in [1.807, 2.05) is 91.4 Å². The van der Waals surface area contributed by atoms with E-state index in [0.717, 1.165) is 36.8 Å². The molecule has 0 radical (unpaired) electrons. The van der Waals surface area contributed by atoms with Crippen LogP contribution in [0.15, 0.2) is 93.3 Å². The summed E-state index contributed by atoms with van der Waals surface area (Å²) in [5.74, 6) is -0.333. The fourth-order valence-corrected chi connectivity index (χ4v) is 4.48. The van der Waals surface area contributed by atoms with Crippen LogP contribution in [-0.2, 0) is 18.4 Å². The van der Waals surface area contributed by atoms with Gasteiger partial charge in [0.1, 0.15) is 17.3 Å². The van der Waals surface area contributed by atoms with Crippen molar-refractivity contribution in [3.8, 4) is 11.3 Å². The summed E-state index contributed by atoms with van der Waals surface area (Å²) in [7, 11) is 1.92. The van der Waals surface area contributed by atoms with E-state index in [9.17, 15) is 4.79 Å². The second-order valence-electron chi connectivity index (χ2n) is 7.07. The van der Waals surface area contributed by atoms with Crippen LogP contribution in [0.1, 0.15) is 21.5 Å². The molecule has 0 amide bonds. The first-order valence-corrected chi connectivity index (χ1v) is 11.4. The van der Waals surface area contributed by atoms with Crippen molar-refractivity contribution in [1.29, 1.82) is 0 Å². The van der Waals surface area contributed by atoms with Crippen molar-refractivity contribution in [2.75, 3.05) is 0 Å². The molecule has 4 rings (SSSR count). The van der Waals surface area contributed by atoms with Crippen LogP contribution in [0.5, 0.6) is 0 Å². The summed E-state index contributed by atoms with van der Waals surface area (Å²) in [5.41, 5.74) is 4.17. The number of halogens is 1. The van der Waals surface area contributed by atoms with E-state index in [2.05, 4.69) is 15.9 Å². The Morgan fingerprint density at radius 3 is 2.39 bits per heavy atom. The van der Waals surface area contributed by atoms with Gasteiger partial charge in [-0.05, 0) is 42.8 Å². The Labute approximate surface area is 194 Å². The highest BCUT2D eigenvalue weighted by molar-refractivity contribution is 9.10. The predicted molar refractivity (Wildman–Crippen MR) is 127 cm³/mol. The quantitative estimate of drug-likeness (QED) is 0.282. The summed E-state index contributed by atoms with van der Waals surface area (Å²) >= 11 is 5.08. The number of hydrogen-bond donors (Lipinski definition) is 0. The Hall–Kier alpha value is -2.83. The average Bonchev–Trinajstić information content (AvgIpc) is 3.09. The van der Waals surface area contributed by atoms with Gasteiger partial charge in [-0.2, -0.15) is 5.10 Å². The third-order valence-corrected chi connectivity index (χ3v) is 6.62. The van der Waals surface area contributed by atoms with E-state index in [1.165, 1.54) is 0 Å². The molecule has 0 spiro atoms. The molecule has 0 fully saturated rings. The molecule has 4 aromatic rings. The van der Waals surface area contributed by atoms with Gasteiger partial charge in [-0.25, -0.2) is 4.79 Å². The number of aryl methyl sites for hydroxylation is 2. The zero-order valence-corrected chi connectivity index (χ0v) is 19.6. The summed E-state index contributed by atoms with van der Waals surface area (Å²) in [6.07, 6.45) is 0. The summed E-state index contributed by atoms with van der Waals surface area (Å²) < 4.78 is 8.64. The van der Waals surface area contributed by atoms with Gasteiger partial charge in [-0.15, -0.1) is 0 Å². The largest absolute Gasteiger partial charge is 0.457 e. The molecule has 1 aromatic heterocycles. The zero-order chi connectivity index (χ0) is 21.8. The number of carbonyl (C=O) groups is 1. The third kappa shape index (κ3) is 4.92. The number of hydrogen-bond acceptors (Lipinski definition) is 4. The normalized spacial score (nSPS) is 10.8. The molecule has 1 heterocycles. The molecule has 156 valence electrons. The summed E-state index contributed by atoms with van der Waals surface area (Å²) in [5, 5.41) is 5.70. The topological polar surface area (TPSA) is 44.1 Å². The van der Waals surface area contributed by atoms with E-state index < -0.39 is 0 Å². The Bertz CT molecular complexity index is 1200. The van der Waals surface area contributed by atoms with Gasteiger partial charge in [0.05, 0.1) is 5.56 Å². The van der Waals surface area contributed by atoms with Crippen molar-refractivity contribution in [3.05, 3.63) is 100 Å². The minimum absolute atomic E-state index is 0.143. The smallest absolute Gasteiger partial charge is 0.338 e. The van der Waals surface area contributed by atoms with E-state index >= 15 is 0 Å². The standard InChI is InChI=1S/C25H21BrN2O2S/c1-17-8-6-7-11-21(17)25(29)30-16-22-23(18-9-4-3-5-10-18)27-28(2)24(22)31-20-14-12-19(26)13-15-20/h3-15H,16H2,1-2H3. The lowest BCUT2D eigenvalue weighted by Crippen LogP contribution is -2.07. The van der Waals surface area contributed by atoms with Crippen molar-refractivity contribution < 1.29 is 9.53 Å². The lowest BCUT2D eigenvalue weighted by Gasteiger charge is -2.10. The van der Waals surface area contributed by atoms with Gasteiger partial charge >= 0.3 is 5.97 Å². The molecule has 0 bridgehead atoms. The summed E-state index contributed by atoms with van der Waals surface area (Å²) in [6, 6.07) is 25.5. The number of esters is 1. The molecule has 0 saturated carbocycles. The van der Waals surface area contributed by atoms with E-state index in [0.29, 0.717) is 5.56 Å². The molecule has 0 unspecified atom stereocenters. The van der Waals surface area contributed by atoms with E-state index in [1.54, 1.807) is 17.8 Å². The second kappa shape index (κ2) is 9.54. The number of benzene rings is 3. The van der Waals surface area contributed by atoms with Crippen LogP contribution in [-0.4, -0.2) is 15.7 Å². The Morgan fingerprint density at radius 1 is 1.00 bits per heavy atom. The van der Waals surface area contributed by atoms with Crippen molar-refractivity contribution in [1.82, 2.24) is 9.78 Å². The number of rotatable bonds is 6. The molecule has 4 nitrogen and oxygen atoms in total. The van der Waals surface area contributed by atoms with Gasteiger partial charge < -0.3 is 4.74 Å². The van der Waals surface area contributed by atoms with Crippen LogP contribution in [0.3, 0.4) is 0 Å². The molecular formula is C25H21BrN2O2S. The van der Waals surface area contributed by atoms with E-state index in [-0.39, 0.29) is 12.6 Å². The molecule has 0 aliphatic carbocycles. The number of carbonyl (C=O) groups excluding carboxylic acids is 1. The molecule has 0 saturated heterocycles. The SMILES string of the molecule is Cc1ccccc1C(=O)OCc1c(-c2ccccc2)nn(C)c1Sc1ccc(Br)cc1. The van der Waals surface area contributed by atoms with Crippen molar-refractivity contribution in [2.24, 2.45) is 7.05 Å². The first kappa shape index (κ1) is 21.4. The third-order valence-electron chi connectivity index (χ3n) is 4.88. The summed E-state index contributed by atoms with van der Waals surface area (Å²) in [4.78, 5) is 13.8. The predicted octanol–water partition coefficient (Wildman–Crippen LogP) is 6.67. The zero-order valence-electron chi connectivity index (χ0n) is 17.2. The van der Waals surface area contributed by atoms with Crippen molar-refractivity contribution in [2.45, 2.75) is 23.5 Å². The van der Waals surface area contributed by atoms with Crippen molar-refractivity contribution >= 4 is 33.7 Å². The van der Waals surface area contributed by atoms with Gasteiger partial charge in [0.15, 0.2) is 0 Å². The first-order valence-electron chi connectivity index (χ1n) is 9.80. The fraction of sp³-hybridized carbons (Fsp3) is 0.120. The maximum atomic E-state index is 12.7. The number of ether oxygens (including phenoxy) is 1. The second-order valence-corrected chi connectivity index (χ2v) is 9.05. The van der Waals surface area contributed by atoms with Crippen LogP contribution in [0.2, 0.25) is 0 Å². The van der Waals surface area contributed by atoms with Gasteiger partial charge in [0.25, 0.3) is 0 Å². The molecule has 0 aliphatic heterocycles. The summed E-state index contributed by atoms with van der Waals surface area (Å²) in [6.45, 7) is 2.05. The minimum atomic E-state index is -0.333. The maximum Gasteiger partial charge on any atom is 0.338 e. The van der Waals surface area contributed by atoms with Gasteiger partial charge in [-0.3, -0.25) is 4.68 Å². The highest BCUT2D eigenvalue weighted by Gasteiger charge is 2.21. The Kier molecular flexibility index (Phi) is 6.59. The highest BCUT2D eigenvalue weighted by Crippen LogP contribution is 2.36. The molecule has 31 heavy (non-hydrogen) atoms. The Morgan fingerprint density at radius 2 is 1.68 bits per heavy atom. The lowest BCUT2D eigenvalue weighted by molar-refractivity contribution is 0.0469. The van der Waals surface area contributed by atoms with Crippen LogP contribution in [0, 0.1) is 6.92 Å². The number of aromatic nitrogens is 2. The van der Waals surface area contributed by atoms with Crippen LogP contribution in [0.4, 0.5) is 0 Å². The molecule has 0 atom stereocenters. The molecule has 0 aliphatic rings. The monoisotopic (exact) mass is 492 g/mol. The lowest BCUT2D eigenvalue weighted by atomic mass is 10.1. The molecular weight excluding hydrogens is 472 g/mol. The van der Waals surface area contributed by atoms with Gasteiger partial charge in [-0.1, -0.05) is 76.2 Å². The first-order chi connectivity index (χ1) is 15.0. The van der Waals surface area contributed by atoms with Crippen LogP contribution in [0.25, 0.3) is 11.3 Å².